The van der Waals surface area contributed by atoms with E-state index in [2.05, 4.69) is 20.0 Å². The summed E-state index contributed by atoms with van der Waals surface area (Å²) >= 11 is 0. The van der Waals surface area contributed by atoms with Crippen LogP contribution in [0.15, 0.2) is 58.4 Å². The molecule has 0 aliphatic rings. The minimum Gasteiger partial charge on any atom is -0.479 e. The maximum atomic E-state index is 12.8. The van der Waals surface area contributed by atoms with Crippen LogP contribution in [0.4, 0.5) is 5.69 Å². The highest BCUT2D eigenvalue weighted by Crippen LogP contribution is 2.28. The van der Waals surface area contributed by atoms with Gasteiger partial charge in [-0.3, -0.25) is 4.72 Å². The molecule has 2 N–H and O–H groups in total. The summed E-state index contributed by atoms with van der Waals surface area (Å²) in [5.41, 5.74) is 1.58. The average molecular weight is 433 g/mol. The topological polar surface area (TPSA) is 116 Å². The second kappa shape index (κ2) is 9.59. The van der Waals surface area contributed by atoms with Crippen LogP contribution in [0.25, 0.3) is 11.3 Å². The number of hydrogen-bond acceptors (Lipinski definition) is 8. The third-order valence-electron chi connectivity index (χ3n) is 4.07. The van der Waals surface area contributed by atoms with Crippen molar-refractivity contribution in [3.8, 4) is 23.0 Å². The standard InChI is InChI=1S/C20H24N4O5S/c1-14(2)21-10-11-29-19-9-8-17(20(23-19)27-3)24-30(25,26)16-6-4-15(5-7-16)18-12-28-13-22-18/h4-9,12-14,21,24H,10-11H2,1-3H3. The van der Waals surface area contributed by atoms with E-state index in [1.54, 1.807) is 24.3 Å². The normalized spacial score (nSPS) is 11.5. The van der Waals surface area contributed by atoms with Crippen LogP contribution in [0.1, 0.15) is 13.8 Å². The Morgan fingerprint density at radius 2 is 1.90 bits per heavy atom. The van der Waals surface area contributed by atoms with E-state index in [1.807, 2.05) is 13.8 Å². The molecule has 0 spiro atoms. The van der Waals surface area contributed by atoms with E-state index >= 15 is 0 Å². The van der Waals surface area contributed by atoms with E-state index in [-0.39, 0.29) is 16.5 Å². The van der Waals surface area contributed by atoms with Crippen molar-refractivity contribution in [3.63, 3.8) is 0 Å². The predicted molar refractivity (Wildman–Crippen MR) is 112 cm³/mol. The van der Waals surface area contributed by atoms with Crippen LogP contribution in [0, 0.1) is 0 Å². The summed E-state index contributed by atoms with van der Waals surface area (Å²) in [6.07, 6.45) is 2.80. The van der Waals surface area contributed by atoms with Crippen molar-refractivity contribution < 1.29 is 22.3 Å². The third-order valence-corrected chi connectivity index (χ3v) is 5.45. The fourth-order valence-corrected chi connectivity index (χ4v) is 3.66. The Morgan fingerprint density at radius 3 is 2.53 bits per heavy atom. The van der Waals surface area contributed by atoms with Crippen LogP contribution in [0.5, 0.6) is 11.8 Å². The van der Waals surface area contributed by atoms with E-state index in [0.717, 1.165) is 5.56 Å². The number of hydrogen-bond donors (Lipinski definition) is 2. The van der Waals surface area contributed by atoms with Crippen molar-refractivity contribution in [2.24, 2.45) is 0 Å². The van der Waals surface area contributed by atoms with Crippen LogP contribution in [0.3, 0.4) is 0 Å². The first-order valence-corrected chi connectivity index (χ1v) is 10.8. The summed E-state index contributed by atoms with van der Waals surface area (Å²) in [6.45, 7) is 5.19. The maximum absolute atomic E-state index is 12.8. The minimum absolute atomic E-state index is 0.0943. The Balaban J connectivity index is 1.71. The number of sulfonamides is 1. The zero-order chi connectivity index (χ0) is 21.6. The summed E-state index contributed by atoms with van der Waals surface area (Å²) in [6, 6.07) is 9.80. The molecule has 3 rings (SSSR count). The van der Waals surface area contributed by atoms with Gasteiger partial charge in [0.1, 0.15) is 24.3 Å². The summed E-state index contributed by atoms with van der Waals surface area (Å²) < 4.78 is 43.8. The number of benzene rings is 1. The molecule has 0 aliphatic heterocycles. The van der Waals surface area contributed by atoms with Crippen molar-refractivity contribution >= 4 is 15.7 Å². The number of anilines is 1. The molecule has 0 radical (unpaired) electrons. The number of ether oxygens (including phenoxy) is 2. The zero-order valence-electron chi connectivity index (χ0n) is 17.0. The monoisotopic (exact) mass is 432 g/mol. The molecule has 3 aromatic rings. The molecular formula is C20H24N4O5S. The van der Waals surface area contributed by atoms with Gasteiger partial charge < -0.3 is 19.2 Å². The van der Waals surface area contributed by atoms with E-state index in [0.29, 0.717) is 30.8 Å². The molecule has 30 heavy (non-hydrogen) atoms. The Bertz CT molecular complexity index is 1050. The Kier molecular flexibility index (Phi) is 6.91. The molecule has 0 aliphatic carbocycles. The number of pyridine rings is 1. The van der Waals surface area contributed by atoms with Gasteiger partial charge in [-0.05, 0) is 18.2 Å². The molecule has 0 saturated heterocycles. The number of aromatic nitrogens is 2. The summed E-state index contributed by atoms with van der Waals surface area (Å²) in [4.78, 5) is 8.35. The molecule has 0 bridgehead atoms. The highest BCUT2D eigenvalue weighted by molar-refractivity contribution is 7.92. The van der Waals surface area contributed by atoms with Gasteiger partial charge in [0.25, 0.3) is 10.0 Å². The molecule has 0 saturated carbocycles. The van der Waals surface area contributed by atoms with Crippen molar-refractivity contribution in [1.29, 1.82) is 0 Å². The average Bonchev–Trinajstić information content (AvgIpc) is 3.27. The summed E-state index contributed by atoms with van der Waals surface area (Å²) in [5.74, 6) is 0.462. The highest BCUT2D eigenvalue weighted by Gasteiger charge is 2.18. The van der Waals surface area contributed by atoms with E-state index in [1.165, 1.54) is 31.9 Å². The van der Waals surface area contributed by atoms with Crippen LogP contribution in [-0.4, -0.2) is 44.7 Å². The van der Waals surface area contributed by atoms with Gasteiger partial charge in [0.15, 0.2) is 6.39 Å². The zero-order valence-corrected chi connectivity index (χ0v) is 17.8. The predicted octanol–water partition coefficient (Wildman–Crippen LogP) is 2.92. The first-order valence-electron chi connectivity index (χ1n) is 9.31. The molecule has 10 heteroatoms. The quantitative estimate of drug-likeness (QED) is 0.470. The molecule has 0 amide bonds. The lowest BCUT2D eigenvalue weighted by atomic mass is 10.2. The lowest BCUT2D eigenvalue weighted by Gasteiger charge is -2.13. The van der Waals surface area contributed by atoms with Gasteiger partial charge in [0.05, 0.1) is 12.0 Å². The lowest BCUT2D eigenvalue weighted by Crippen LogP contribution is -2.27. The molecule has 0 atom stereocenters. The van der Waals surface area contributed by atoms with Gasteiger partial charge in [-0.15, -0.1) is 0 Å². The summed E-state index contributed by atoms with van der Waals surface area (Å²) in [5, 5.41) is 3.23. The number of nitrogens with one attached hydrogen (secondary N) is 2. The van der Waals surface area contributed by atoms with Crippen LogP contribution >= 0.6 is 0 Å². The maximum Gasteiger partial charge on any atom is 0.262 e. The Hall–Kier alpha value is -3.11. The van der Waals surface area contributed by atoms with Crippen molar-refractivity contribution in [2.45, 2.75) is 24.8 Å². The lowest BCUT2D eigenvalue weighted by molar-refractivity contribution is 0.291. The fourth-order valence-electron chi connectivity index (χ4n) is 2.60. The van der Waals surface area contributed by atoms with Gasteiger partial charge in [-0.2, -0.15) is 4.98 Å². The number of nitrogens with zero attached hydrogens (tertiary/aromatic N) is 2. The Labute approximate surface area is 175 Å². The minimum atomic E-state index is -3.84. The molecule has 160 valence electrons. The van der Waals surface area contributed by atoms with Gasteiger partial charge in [0, 0.05) is 24.2 Å². The first-order chi connectivity index (χ1) is 14.4. The highest BCUT2D eigenvalue weighted by atomic mass is 32.2. The number of rotatable bonds is 10. The van der Waals surface area contributed by atoms with Gasteiger partial charge in [-0.1, -0.05) is 26.0 Å². The molecule has 2 aromatic heterocycles. The largest absolute Gasteiger partial charge is 0.479 e. The van der Waals surface area contributed by atoms with Crippen LogP contribution in [-0.2, 0) is 10.0 Å². The van der Waals surface area contributed by atoms with Crippen LogP contribution < -0.4 is 19.5 Å². The van der Waals surface area contributed by atoms with Crippen LogP contribution in [0.2, 0.25) is 0 Å². The second-order valence-electron chi connectivity index (χ2n) is 6.67. The molecule has 9 nitrogen and oxygen atoms in total. The SMILES string of the molecule is COc1nc(OCCNC(C)C)ccc1NS(=O)(=O)c1ccc(-c2cocn2)cc1. The van der Waals surface area contributed by atoms with Gasteiger partial charge >= 0.3 is 0 Å². The van der Waals surface area contributed by atoms with Gasteiger partial charge in [-0.25, -0.2) is 13.4 Å². The Morgan fingerprint density at radius 1 is 1.13 bits per heavy atom. The molecular weight excluding hydrogens is 408 g/mol. The second-order valence-corrected chi connectivity index (χ2v) is 8.35. The summed E-state index contributed by atoms with van der Waals surface area (Å²) in [7, 11) is -2.43. The van der Waals surface area contributed by atoms with Gasteiger partial charge in [0.2, 0.25) is 11.8 Å². The smallest absolute Gasteiger partial charge is 0.262 e. The van der Waals surface area contributed by atoms with Crippen molar-refractivity contribution in [3.05, 3.63) is 49.1 Å². The molecule has 0 fully saturated rings. The molecule has 1 aromatic carbocycles. The molecule has 0 unspecified atom stereocenters. The number of oxazole rings is 1. The fraction of sp³-hybridized carbons (Fsp3) is 0.300. The number of methoxy groups -OCH3 is 1. The van der Waals surface area contributed by atoms with E-state index in [9.17, 15) is 8.42 Å². The third kappa shape index (κ3) is 5.49. The molecule has 2 heterocycles. The van der Waals surface area contributed by atoms with Crippen molar-refractivity contribution in [2.75, 3.05) is 25.0 Å². The van der Waals surface area contributed by atoms with E-state index in [4.69, 9.17) is 13.9 Å². The first kappa shape index (κ1) is 21.6. The van der Waals surface area contributed by atoms with Crippen molar-refractivity contribution in [1.82, 2.24) is 15.3 Å². The van der Waals surface area contributed by atoms with E-state index < -0.39 is 10.0 Å².